The van der Waals surface area contributed by atoms with Crippen LogP contribution in [0.2, 0.25) is 5.15 Å². The van der Waals surface area contributed by atoms with E-state index in [1.54, 1.807) is 33.3 Å². The number of benzene rings is 1. The summed E-state index contributed by atoms with van der Waals surface area (Å²) in [6, 6.07) is 8.00. The average Bonchev–Trinajstić information content (AvgIpc) is 3.24. The maximum atomic E-state index is 13.2. The molecule has 4 heterocycles. The number of aryl methyl sites for hydroxylation is 3. The molecule has 0 atom stereocenters. The highest BCUT2D eigenvalue weighted by atomic mass is 35.5. The van der Waals surface area contributed by atoms with E-state index in [4.69, 9.17) is 11.6 Å². The number of imidazole rings is 1. The molecule has 0 aliphatic rings. The SMILES string of the molecule is CCNc1cc(-c2ccc3ncc4c(c3c2)n(-c2cn(C)nc2C)c(=O)n4C)cnc1Cl. The summed E-state index contributed by atoms with van der Waals surface area (Å²) in [5.74, 6) is 0. The van der Waals surface area contributed by atoms with Gasteiger partial charge in [-0.15, -0.1) is 0 Å². The third kappa shape index (κ3) is 3.06. The molecular formula is C23H22ClN7O. The van der Waals surface area contributed by atoms with Gasteiger partial charge < -0.3 is 5.32 Å². The van der Waals surface area contributed by atoms with Crippen molar-refractivity contribution in [1.29, 1.82) is 0 Å². The molecule has 9 heteroatoms. The number of rotatable bonds is 4. The Morgan fingerprint density at radius 1 is 1.09 bits per heavy atom. The number of hydrogen-bond acceptors (Lipinski definition) is 5. The lowest BCUT2D eigenvalue weighted by Crippen LogP contribution is -2.21. The second-order valence-electron chi connectivity index (χ2n) is 7.77. The van der Waals surface area contributed by atoms with Gasteiger partial charge in [-0.1, -0.05) is 17.7 Å². The van der Waals surface area contributed by atoms with Crippen LogP contribution in [0.4, 0.5) is 5.69 Å². The summed E-state index contributed by atoms with van der Waals surface area (Å²) in [5, 5.41) is 8.98. The highest BCUT2D eigenvalue weighted by Crippen LogP contribution is 2.32. The number of aromatic nitrogens is 6. The largest absolute Gasteiger partial charge is 0.383 e. The number of anilines is 1. The number of nitrogens with zero attached hydrogens (tertiary/aromatic N) is 6. The molecule has 5 rings (SSSR count). The van der Waals surface area contributed by atoms with E-state index in [9.17, 15) is 4.79 Å². The molecule has 0 radical (unpaired) electrons. The molecular weight excluding hydrogens is 426 g/mol. The lowest BCUT2D eigenvalue weighted by Gasteiger charge is -2.10. The Bertz CT molecular complexity index is 1560. The van der Waals surface area contributed by atoms with Crippen molar-refractivity contribution in [3.05, 3.63) is 64.2 Å². The van der Waals surface area contributed by atoms with Crippen LogP contribution in [0.15, 0.2) is 47.7 Å². The maximum absolute atomic E-state index is 13.2. The molecule has 0 amide bonds. The first kappa shape index (κ1) is 20.3. The van der Waals surface area contributed by atoms with Crippen LogP contribution in [-0.2, 0) is 14.1 Å². The Balaban J connectivity index is 1.82. The third-order valence-electron chi connectivity index (χ3n) is 5.65. The van der Waals surface area contributed by atoms with Gasteiger partial charge in [0.2, 0.25) is 0 Å². The number of fused-ring (bicyclic) bond motifs is 3. The van der Waals surface area contributed by atoms with Crippen molar-refractivity contribution < 1.29 is 0 Å². The number of halogens is 1. The van der Waals surface area contributed by atoms with Crippen LogP contribution in [0, 0.1) is 6.92 Å². The first-order chi connectivity index (χ1) is 15.4. The zero-order chi connectivity index (χ0) is 22.6. The highest BCUT2D eigenvalue weighted by Gasteiger charge is 2.19. The van der Waals surface area contributed by atoms with Gasteiger partial charge in [0.25, 0.3) is 0 Å². The Hall–Kier alpha value is -3.65. The minimum absolute atomic E-state index is 0.140. The minimum atomic E-state index is -0.140. The molecule has 0 saturated heterocycles. The standard InChI is InChI=1S/C23H22ClN7O/c1-5-25-18-9-15(10-27-22(18)24)14-6-7-17-16(8-14)21-19(11-26-17)30(4)23(32)31(21)20-12-29(3)28-13(20)2/h6-12,25H,5H2,1-4H3. The van der Waals surface area contributed by atoms with Crippen molar-refractivity contribution in [3.8, 4) is 16.8 Å². The fraction of sp³-hybridized carbons (Fsp3) is 0.217. The summed E-state index contributed by atoms with van der Waals surface area (Å²) >= 11 is 6.23. The van der Waals surface area contributed by atoms with Crippen LogP contribution in [-0.4, -0.2) is 35.4 Å². The molecule has 4 aromatic heterocycles. The summed E-state index contributed by atoms with van der Waals surface area (Å²) in [5.41, 5.74) is 6.41. The summed E-state index contributed by atoms with van der Waals surface area (Å²) in [6.07, 6.45) is 5.35. The first-order valence-electron chi connectivity index (χ1n) is 10.3. The first-order valence-corrected chi connectivity index (χ1v) is 10.7. The summed E-state index contributed by atoms with van der Waals surface area (Å²) in [7, 11) is 3.61. The third-order valence-corrected chi connectivity index (χ3v) is 5.95. The molecule has 0 aliphatic heterocycles. The van der Waals surface area contributed by atoms with Crippen molar-refractivity contribution in [3.63, 3.8) is 0 Å². The molecule has 32 heavy (non-hydrogen) atoms. The van der Waals surface area contributed by atoms with E-state index in [1.165, 1.54) is 0 Å². The normalized spacial score (nSPS) is 11.5. The zero-order valence-electron chi connectivity index (χ0n) is 18.2. The van der Waals surface area contributed by atoms with E-state index in [-0.39, 0.29) is 5.69 Å². The zero-order valence-corrected chi connectivity index (χ0v) is 19.0. The van der Waals surface area contributed by atoms with Gasteiger partial charge >= 0.3 is 5.69 Å². The van der Waals surface area contributed by atoms with Crippen molar-refractivity contribution in [1.82, 2.24) is 28.9 Å². The highest BCUT2D eigenvalue weighted by molar-refractivity contribution is 6.32. The quantitative estimate of drug-likeness (QED) is 0.420. The summed E-state index contributed by atoms with van der Waals surface area (Å²) < 4.78 is 5.05. The van der Waals surface area contributed by atoms with Crippen molar-refractivity contribution in [2.24, 2.45) is 14.1 Å². The lowest BCUT2D eigenvalue weighted by atomic mass is 10.0. The molecule has 8 nitrogen and oxygen atoms in total. The van der Waals surface area contributed by atoms with Crippen LogP contribution in [0.25, 0.3) is 38.8 Å². The Morgan fingerprint density at radius 3 is 2.62 bits per heavy atom. The maximum Gasteiger partial charge on any atom is 0.333 e. The van der Waals surface area contributed by atoms with Crippen molar-refractivity contribution >= 4 is 39.2 Å². The Kier molecular flexibility index (Phi) is 4.74. The molecule has 0 saturated carbocycles. The molecule has 1 aromatic carbocycles. The van der Waals surface area contributed by atoms with Crippen LogP contribution in [0.5, 0.6) is 0 Å². The predicted octanol–water partition coefficient (Wildman–Crippen LogP) is 4.07. The lowest BCUT2D eigenvalue weighted by molar-refractivity contribution is 0.756. The monoisotopic (exact) mass is 447 g/mol. The predicted molar refractivity (Wildman–Crippen MR) is 128 cm³/mol. The van der Waals surface area contributed by atoms with Crippen molar-refractivity contribution in [2.45, 2.75) is 13.8 Å². The Morgan fingerprint density at radius 2 is 1.91 bits per heavy atom. The number of hydrogen-bond donors (Lipinski definition) is 1. The van der Waals surface area contributed by atoms with Gasteiger partial charge in [-0.3, -0.25) is 18.8 Å². The second-order valence-corrected chi connectivity index (χ2v) is 8.13. The number of nitrogens with one attached hydrogen (secondary N) is 1. The molecule has 0 fully saturated rings. The van der Waals surface area contributed by atoms with Crippen molar-refractivity contribution in [2.75, 3.05) is 11.9 Å². The van der Waals surface area contributed by atoms with Gasteiger partial charge in [-0.25, -0.2) is 9.78 Å². The van der Waals surface area contributed by atoms with E-state index in [2.05, 4.69) is 20.4 Å². The topological polar surface area (TPSA) is 82.6 Å². The van der Waals surface area contributed by atoms with E-state index < -0.39 is 0 Å². The minimum Gasteiger partial charge on any atom is -0.383 e. The molecule has 162 valence electrons. The van der Waals surface area contributed by atoms with E-state index in [0.29, 0.717) is 5.15 Å². The smallest absolute Gasteiger partial charge is 0.333 e. The van der Waals surface area contributed by atoms with E-state index >= 15 is 0 Å². The van der Waals surface area contributed by atoms with Crippen LogP contribution in [0.1, 0.15) is 12.6 Å². The Labute approximate surface area is 189 Å². The van der Waals surface area contributed by atoms with E-state index in [1.807, 2.05) is 51.4 Å². The second kappa shape index (κ2) is 7.49. The molecule has 0 bridgehead atoms. The average molecular weight is 448 g/mol. The fourth-order valence-electron chi connectivity index (χ4n) is 4.13. The van der Waals surface area contributed by atoms with Gasteiger partial charge in [-0.2, -0.15) is 5.10 Å². The van der Waals surface area contributed by atoms with Crippen LogP contribution in [0.3, 0.4) is 0 Å². The van der Waals surface area contributed by atoms with Gasteiger partial charge in [0.15, 0.2) is 5.15 Å². The van der Waals surface area contributed by atoms with Crippen LogP contribution < -0.4 is 11.0 Å². The van der Waals surface area contributed by atoms with Gasteiger partial charge in [0.05, 0.1) is 39.8 Å². The summed E-state index contributed by atoms with van der Waals surface area (Å²) in [4.78, 5) is 22.2. The molecule has 5 aromatic rings. The van der Waals surface area contributed by atoms with E-state index in [0.717, 1.165) is 56.7 Å². The molecule has 1 N–H and O–H groups in total. The summed E-state index contributed by atoms with van der Waals surface area (Å²) in [6.45, 7) is 4.65. The van der Waals surface area contributed by atoms with Gasteiger partial charge in [-0.05, 0) is 37.6 Å². The molecule has 0 spiro atoms. The fourth-order valence-corrected chi connectivity index (χ4v) is 4.30. The van der Waals surface area contributed by atoms with Crippen LogP contribution >= 0.6 is 11.6 Å². The molecule has 0 aliphatic carbocycles. The van der Waals surface area contributed by atoms with Gasteiger partial charge in [0, 0.05) is 44.0 Å². The van der Waals surface area contributed by atoms with Gasteiger partial charge in [0.1, 0.15) is 0 Å². The molecule has 0 unspecified atom stereocenters. The number of pyridine rings is 2.